The summed E-state index contributed by atoms with van der Waals surface area (Å²) in [7, 11) is 0. The van der Waals surface area contributed by atoms with Gasteiger partial charge in [0.2, 0.25) is 0 Å². The molecule has 0 bridgehead atoms. The summed E-state index contributed by atoms with van der Waals surface area (Å²) >= 11 is 0. The van der Waals surface area contributed by atoms with Crippen molar-refractivity contribution in [3.8, 4) is 0 Å². The zero-order valence-corrected chi connectivity index (χ0v) is 11.8. The summed E-state index contributed by atoms with van der Waals surface area (Å²) in [5.74, 6) is 0.166. The number of halogens is 5. The Morgan fingerprint density at radius 1 is 1.45 bits per heavy atom. The number of aryl methyl sites for hydroxylation is 1. The second-order valence-electron chi connectivity index (χ2n) is 5.02. The van der Waals surface area contributed by atoms with Gasteiger partial charge >= 0.3 is 12.3 Å². The summed E-state index contributed by atoms with van der Waals surface area (Å²) in [5, 5.41) is 5.41. The first-order valence-electron chi connectivity index (χ1n) is 6.52. The van der Waals surface area contributed by atoms with Crippen molar-refractivity contribution < 1.29 is 26.7 Å². The van der Waals surface area contributed by atoms with Gasteiger partial charge in [0.25, 0.3) is 0 Å². The van der Waals surface area contributed by atoms with E-state index < -0.39 is 36.7 Å². The van der Waals surface area contributed by atoms with Gasteiger partial charge in [-0.2, -0.15) is 22.0 Å². The molecule has 2 atom stereocenters. The number of hydrogen-bond acceptors (Lipinski definition) is 5. The maximum absolute atomic E-state index is 13.0. The lowest BCUT2D eigenvalue weighted by atomic mass is 10.1. The molecule has 5 nitrogen and oxygen atoms in total. The van der Waals surface area contributed by atoms with Crippen LogP contribution in [-0.4, -0.2) is 41.3 Å². The minimum Gasteiger partial charge on any atom is -0.367 e. The van der Waals surface area contributed by atoms with Gasteiger partial charge in [-0.15, -0.1) is 0 Å². The molecule has 1 saturated heterocycles. The predicted molar refractivity (Wildman–Crippen MR) is 67.5 cm³/mol. The molecule has 1 fully saturated rings. The molecule has 0 aliphatic carbocycles. The van der Waals surface area contributed by atoms with E-state index in [1.165, 1.54) is 13.8 Å². The van der Waals surface area contributed by atoms with Crippen molar-refractivity contribution in [3.05, 3.63) is 17.6 Å². The second-order valence-corrected chi connectivity index (χ2v) is 5.02. The molecule has 0 spiro atoms. The maximum atomic E-state index is 13.0. The number of aromatic nitrogens is 2. The minimum atomic E-state index is -4.56. The third kappa shape index (κ3) is 4.01. The van der Waals surface area contributed by atoms with E-state index in [4.69, 9.17) is 0 Å². The van der Waals surface area contributed by atoms with Gasteiger partial charge in [0.1, 0.15) is 5.82 Å². The minimum absolute atomic E-state index is 0.0736. The molecule has 0 amide bonds. The summed E-state index contributed by atoms with van der Waals surface area (Å²) < 4.78 is 67.9. The topological polar surface area (TPSA) is 59.1 Å². The number of morpholine rings is 1. The van der Waals surface area contributed by atoms with Crippen LogP contribution in [0.15, 0.2) is 6.20 Å². The van der Waals surface area contributed by atoms with Crippen LogP contribution in [0.2, 0.25) is 0 Å². The maximum Gasteiger partial charge on any atom is 0.434 e. The fraction of sp³-hybridized carbons (Fsp3) is 0.667. The highest BCUT2D eigenvalue weighted by atomic mass is 19.4. The van der Waals surface area contributed by atoms with Crippen LogP contribution in [0.5, 0.6) is 0 Å². The number of ether oxygens (including phenoxy) is 1. The zero-order valence-electron chi connectivity index (χ0n) is 11.8. The van der Waals surface area contributed by atoms with Crippen LogP contribution in [0, 0.1) is 6.92 Å². The average Bonchev–Trinajstić information content (AvgIpc) is 2.37. The lowest BCUT2D eigenvalue weighted by Crippen LogP contribution is -2.57. The van der Waals surface area contributed by atoms with Crippen molar-refractivity contribution in [1.29, 1.82) is 0 Å². The highest BCUT2D eigenvalue weighted by Crippen LogP contribution is 2.28. The van der Waals surface area contributed by atoms with Crippen molar-refractivity contribution in [2.75, 3.05) is 18.4 Å². The van der Waals surface area contributed by atoms with Crippen LogP contribution in [0.25, 0.3) is 0 Å². The number of rotatable bonds is 3. The zero-order chi connectivity index (χ0) is 16.5. The summed E-state index contributed by atoms with van der Waals surface area (Å²) in [6.45, 7) is 2.41. The van der Waals surface area contributed by atoms with Crippen LogP contribution in [0.1, 0.15) is 18.3 Å². The van der Waals surface area contributed by atoms with E-state index in [2.05, 4.69) is 25.3 Å². The van der Waals surface area contributed by atoms with E-state index in [0.29, 0.717) is 6.20 Å². The highest BCUT2D eigenvalue weighted by molar-refractivity contribution is 5.39. The van der Waals surface area contributed by atoms with Gasteiger partial charge in [0.15, 0.2) is 5.69 Å². The van der Waals surface area contributed by atoms with Crippen molar-refractivity contribution in [3.63, 3.8) is 0 Å². The van der Waals surface area contributed by atoms with Crippen LogP contribution < -0.4 is 10.6 Å². The Balaban J connectivity index is 1.98. The first kappa shape index (κ1) is 16.8. The van der Waals surface area contributed by atoms with Crippen molar-refractivity contribution >= 4 is 5.82 Å². The summed E-state index contributed by atoms with van der Waals surface area (Å²) in [6.07, 6.45) is -7.92. The lowest BCUT2D eigenvalue weighted by Gasteiger charge is -2.35. The molecule has 1 aliphatic heterocycles. The molecule has 1 aliphatic rings. The van der Waals surface area contributed by atoms with E-state index in [1.54, 1.807) is 0 Å². The van der Waals surface area contributed by atoms with Crippen molar-refractivity contribution in [1.82, 2.24) is 15.3 Å². The van der Waals surface area contributed by atoms with E-state index in [0.717, 1.165) is 0 Å². The number of nitrogens with zero attached hydrogens (tertiary/aromatic N) is 2. The van der Waals surface area contributed by atoms with Gasteiger partial charge in [-0.3, -0.25) is 0 Å². The van der Waals surface area contributed by atoms with E-state index >= 15 is 0 Å². The highest BCUT2D eigenvalue weighted by Gasteiger charge is 2.40. The number of alkyl halides is 5. The number of hydrogen-bond donors (Lipinski definition) is 2. The Hall–Kier alpha value is -1.55. The molecular formula is C12H15F5N4O. The Labute approximate surface area is 123 Å². The third-order valence-electron chi connectivity index (χ3n) is 3.22. The lowest BCUT2D eigenvalue weighted by molar-refractivity contribution is -0.278. The van der Waals surface area contributed by atoms with Gasteiger partial charge < -0.3 is 15.4 Å². The molecule has 124 valence electrons. The standard InChI is InChI=1S/C12H15F5N4O/c1-6-10(19-4-9(21-6)12(15,16)17)18-3-8-7(2)22-11(13,14)5-20-8/h4,7-8,20H,3,5H2,1-2H3,(H,18,19)/t7-,8+/m0/s1. The first-order chi connectivity index (χ1) is 10.1. The number of nitrogens with one attached hydrogen (secondary N) is 2. The molecule has 22 heavy (non-hydrogen) atoms. The Morgan fingerprint density at radius 3 is 2.68 bits per heavy atom. The third-order valence-corrected chi connectivity index (χ3v) is 3.22. The largest absolute Gasteiger partial charge is 0.434 e. The second kappa shape index (κ2) is 5.92. The van der Waals surface area contributed by atoms with Crippen LogP contribution in [0.3, 0.4) is 0 Å². The molecule has 0 aromatic carbocycles. The van der Waals surface area contributed by atoms with Crippen LogP contribution in [0.4, 0.5) is 27.8 Å². The molecule has 0 radical (unpaired) electrons. The van der Waals surface area contributed by atoms with Crippen LogP contribution >= 0.6 is 0 Å². The molecule has 2 N–H and O–H groups in total. The molecule has 10 heteroatoms. The molecular weight excluding hydrogens is 311 g/mol. The van der Waals surface area contributed by atoms with Gasteiger partial charge in [-0.1, -0.05) is 0 Å². The number of anilines is 1. The SMILES string of the molecule is Cc1nc(C(F)(F)F)cnc1NC[C@H]1NCC(F)(F)O[C@H]1C. The van der Waals surface area contributed by atoms with E-state index in [1.807, 2.05) is 0 Å². The van der Waals surface area contributed by atoms with Crippen molar-refractivity contribution in [2.45, 2.75) is 38.3 Å². The molecule has 0 saturated carbocycles. The van der Waals surface area contributed by atoms with E-state index in [9.17, 15) is 22.0 Å². The smallest absolute Gasteiger partial charge is 0.367 e. The predicted octanol–water partition coefficient (Wildman–Crippen LogP) is 2.19. The summed E-state index contributed by atoms with van der Waals surface area (Å²) in [4.78, 5) is 7.10. The molecule has 1 aromatic rings. The van der Waals surface area contributed by atoms with Crippen molar-refractivity contribution in [2.24, 2.45) is 0 Å². The Kier molecular flexibility index (Phi) is 4.52. The van der Waals surface area contributed by atoms with Gasteiger partial charge in [0.05, 0.1) is 30.6 Å². The fourth-order valence-corrected chi connectivity index (χ4v) is 2.05. The molecule has 0 unspecified atom stereocenters. The summed E-state index contributed by atoms with van der Waals surface area (Å²) in [6, 6.07) is -0.428. The fourth-order valence-electron chi connectivity index (χ4n) is 2.05. The normalized spacial score (nSPS) is 25.0. The summed E-state index contributed by atoms with van der Waals surface area (Å²) in [5.41, 5.74) is -1.01. The monoisotopic (exact) mass is 326 g/mol. The first-order valence-corrected chi connectivity index (χ1v) is 6.52. The van der Waals surface area contributed by atoms with Gasteiger partial charge in [-0.25, -0.2) is 9.97 Å². The van der Waals surface area contributed by atoms with E-state index in [-0.39, 0.29) is 18.1 Å². The van der Waals surface area contributed by atoms with Gasteiger partial charge in [-0.05, 0) is 13.8 Å². The van der Waals surface area contributed by atoms with Gasteiger partial charge in [0, 0.05) is 6.54 Å². The Morgan fingerprint density at radius 2 is 2.14 bits per heavy atom. The molecule has 1 aromatic heterocycles. The average molecular weight is 326 g/mol. The molecule has 2 rings (SSSR count). The Bertz CT molecular complexity index is 537. The van der Waals surface area contributed by atoms with Crippen LogP contribution in [-0.2, 0) is 10.9 Å². The quantitative estimate of drug-likeness (QED) is 0.834. The molecule has 2 heterocycles.